The average molecular weight is 247 g/mol. The fourth-order valence-corrected chi connectivity index (χ4v) is 1.97. The fraction of sp³-hybridized carbons (Fsp3) is 0.308. The van der Waals surface area contributed by atoms with Crippen molar-refractivity contribution in [3.05, 3.63) is 29.7 Å². The van der Waals surface area contributed by atoms with Crippen molar-refractivity contribution in [3.8, 4) is 22.8 Å². The highest BCUT2D eigenvalue weighted by molar-refractivity contribution is 5.71. The monoisotopic (exact) mass is 247 g/mol. The quantitative estimate of drug-likeness (QED) is 0.865. The Kier molecular flexibility index (Phi) is 3.53. The lowest BCUT2D eigenvalue weighted by Gasteiger charge is -2.13. The number of aromatic nitrogens is 2. The highest BCUT2D eigenvalue weighted by Crippen LogP contribution is 2.36. The van der Waals surface area contributed by atoms with Crippen LogP contribution in [0.4, 0.5) is 0 Å². The molecule has 1 heterocycles. The molecule has 1 aromatic carbocycles. The number of aromatic amines is 1. The Bertz CT molecular complexity index is 549. The maximum absolute atomic E-state index is 5.54. The third-order valence-electron chi connectivity index (χ3n) is 2.89. The molecule has 0 saturated heterocycles. The summed E-state index contributed by atoms with van der Waals surface area (Å²) in [5.41, 5.74) is 8.34. The normalized spacial score (nSPS) is 10.4. The number of hydrogen-bond donors (Lipinski definition) is 2. The zero-order valence-corrected chi connectivity index (χ0v) is 10.8. The van der Waals surface area contributed by atoms with Crippen LogP contribution in [-0.4, -0.2) is 24.2 Å². The van der Waals surface area contributed by atoms with Gasteiger partial charge >= 0.3 is 0 Å². The van der Waals surface area contributed by atoms with Gasteiger partial charge in [-0.1, -0.05) is 0 Å². The molecule has 0 amide bonds. The third-order valence-corrected chi connectivity index (χ3v) is 2.89. The largest absolute Gasteiger partial charge is 0.496 e. The number of nitrogens with zero attached hydrogens (tertiary/aromatic N) is 1. The van der Waals surface area contributed by atoms with Gasteiger partial charge in [-0.15, -0.1) is 0 Å². The Morgan fingerprint density at radius 1 is 1.28 bits per heavy atom. The number of methoxy groups -OCH3 is 2. The van der Waals surface area contributed by atoms with E-state index in [1.807, 2.05) is 19.1 Å². The molecule has 0 unspecified atom stereocenters. The molecule has 0 aliphatic carbocycles. The molecule has 0 spiro atoms. The molecule has 0 fully saturated rings. The molecule has 3 N–H and O–H groups in total. The first-order valence-electron chi connectivity index (χ1n) is 5.67. The van der Waals surface area contributed by atoms with Gasteiger partial charge < -0.3 is 20.2 Å². The number of benzene rings is 1. The number of ether oxygens (including phenoxy) is 2. The van der Waals surface area contributed by atoms with Gasteiger partial charge in [-0.3, -0.25) is 0 Å². The molecule has 2 aromatic rings. The maximum atomic E-state index is 5.54. The summed E-state index contributed by atoms with van der Waals surface area (Å²) in [5, 5.41) is 0. The number of imidazole rings is 1. The molecule has 0 aliphatic rings. The van der Waals surface area contributed by atoms with E-state index in [9.17, 15) is 0 Å². The summed E-state index contributed by atoms with van der Waals surface area (Å²) in [7, 11) is 3.29. The van der Waals surface area contributed by atoms with Crippen LogP contribution in [-0.2, 0) is 6.54 Å². The van der Waals surface area contributed by atoms with E-state index in [-0.39, 0.29) is 0 Å². The summed E-state index contributed by atoms with van der Waals surface area (Å²) in [5.74, 6) is 2.33. The molecule has 5 nitrogen and oxygen atoms in total. The molecule has 2 rings (SSSR count). The van der Waals surface area contributed by atoms with Crippen LogP contribution in [0, 0.1) is 6.92 Å². The minimum Gasteiger partial charge on any atom is -0.496 e. The Labute approximate surface area is 106 Å². The molecule has 0 aliphatic heterocycles. The van der Waals surface area contributed by atoms with Gasteiger partial charge in [0.05, 0.1) is 32.7 Å². The van der Waals surface area contributed by atoms with Crippen molar-refractivity contribution >= 4 is 0 Å². The highest BCUT2D eigenvalue weighted by atomic mass is 16.5. The Balaban J connectivity index is 2.53. The number of rotatable bonds is 4. The Hall–Kier alpha value is -2.01. The topological polar surface area (TPSA) is 73.2 Å². The van der Waals surface area contributed by atoms with Gasteiger partial charge in [0, 0.05) is 11.1 Å². The summed E-state index contributed by atoms with van der Waals surface area (Å²) in [6, 6.07) is 3.86. The van der Waals surface area contributed by atoms with Crippen molar-refractivity contribution in [2.75, 3.05) is 14.2 Å². The molecule has 5 heteroatoms. The molecular weight excluding hydrogens is 230 g/mol. The fourth-order valence-electron chi connectivity index (χ4n) is 1.97. The standard InChI is InChI=1S/C13H17N3O2/c1-8-11(17-2)5-4-9(13(8)18-3)10-7-15-12(6-14)16-10/h4-5,7H,6,14H2,1-3H3,(H,15,16). The first-order chi connectivity index (χ1) is 8.71. The van der Waals surface area contributed by atoms with Gasteiger partial charge in [0.25, 0.3) is 0 Å². The van der Waals surface area contributed by atoms with Crippen LogP contribution >= 0.6 is 0 Å². The first kappa shape index (κ1) is 12.4. The van der Waals surface area contributed by atoms with Crippen LogP contribution < -0.4 is 15.2 Å². The SMILES string of the molecule is COc1ccc(-c2cnc(CN)[nH]2)c(OC)c1C. The van der Waals surface area contributed by atoms with Gasteiger partial charge in [0.2, 0.25) is 0 Å². The van der Waals surface area contributed by atoms with Crippen LogP contribution in [0.15, 0.2) is 18.3 Å². The van der Waals surface area contributed by atoms with Crippen LogP contribution in [0.5, 0.6) is 11.5 Å². The van der Waals surface area contributed by atoms with Crippen LogP contribution in [0.1, 0.15) is 11.4 Å². The Morgan fingerprint density at radius 2 is 2.06 bits per heavy atom. The minimum absolute atomic E-state index is 0.386. The second kappa shape index (κ2) is 5.10. The van der Waals surface area contributed by atoms with Crippen LogP contribution in [0.3, 0.4) is 0 Å². The zero-order chi connectivity index (χ0) is 13.1. The predicted molar refractivity (Wildman–Crippen MR) is 69.8 cm³/mol. The van der Waals surface area contributed by atoms with Gasteiger partial charge in [0.1, 0.15) is 17.3 Å². The molecule has 0 radical (unpaired) electrons. The number of nitrogens with two attached hydrogens (primary N) is 1. The molecule has 18 heavy (non-hydrogen) atoms. The van der Waals surface area contributed by atoms with Crippen LogP contribution in [0.2, 0.25) is 0 Å². The third kappa shape index (κ3) is 2.04. The molecule has 96 valence electrons. The number of hydrogen-bond acceptors (Lipinski definition) is 4. The van der Waals surface area contributed by atoms with E-state index in [2.05, 4.69) is 9.97 Å². The van der Waals surface area contributed by atoms with Crippen molar-refractivity contribution < 1.29 is 9.47 Å². The zero-order valence-electron chi connectivity index (χ0n) is 10.8. The summed E-state index contributed by atoms with van der Waals surface area (Å²) in [4.78, 5) is 7.35. The van der Waals surface area contributed by atoms with Crippen molar-refractivity contribution in [1.82, 2.24) is 9.97 Å². The Morgan fingerprint density at radius 3 is 2.61 bits per heavy atom. The van der Waals surface area contributed by atoms with E-state index in [1.54, 1.807) is 20.4 Å². The van der Waals surface area contributed by atoms with Crippen molar-refractivity contribution in [3.63, 3.8) is 0 Å². The molecule has 0 saturated carbocycles. The molecule has 1 aromatic heterocycles. The van der Waals surface area contributed by atoms with E-state index in [1.165, 1.54) is 0 Å². The highest BCUT2D eigenvalue weighted by Gasteiger charge is 2.14. The van der Waals surface area contributed by atoms with Gasteiger partial charge in [-0.2, -0.15) is 0 Å². The predicted octanol–water partition coefficient (Wildman–Crippen LogP) is 1.86. The second-order valence-electron chi connectivity index (χ2n) is 3.92. The lowest BCUT2D eigenvalue weighted by Crippen LogP contribution is -1.98. The van der Waals surface area contributed by atoms with Crippen molar-refractivity contribution in [2.24, 2.45) is 5.73 Å². The van der Waals surface area contributed by atoms with E-state index in [0.717, 1.165) is 34.1 Å². The minimum atomic E-state index is 0.386. The maximum Gasteiger partial charge on any atom is 0.134 e. The van der Waals surface area contributed by atoms with E-state index in [4.69, 9.17) is 15.2 Å². The second-order valence-corrected chi connectivity index (χ2v) is 3.92. The van der Waals surface area contributed by atoms with Crippen molar-refractivity contribution in [1.29, 1.82) is 0 Å². The lowest BCUT2D eigenvalue weighted by molar-refractivity contribution is 0.390. The van der Waals surface area contributed by atoms with Gasteiger partial charge in [0.15, 0.2) is 0 Å². The summed E-state index contributed by atoms with van der Waals surface area (Å²) < 4.78 is 10.7. The summed E-state index contributed by atoms with van der Waals surface area (Å²) >= 11 is 0. The van der Waals surface area contributed by atoms with Crippen LogP contribution in [0.25, 0.3) is 11.3 Å². The van der Waals surface area contributed by atoms with Gasteiger partial charge in [-0.25, -0.2) is 4.98 Å². The molecule has 0 atom stereocenters. The van der Waals surface area contributed by atoms with Crippen molar-refractivity contribution in [2.45, 2.75) is 13.5 Å². The van der Waals surface area contributed by atoms with Gasteiger partial charge in [-0.05, 0) is 19.1 Å². The van der Waals surface area contributed by atoms with E-state index in [0.29, 0.717) is 6.54 Å². The summed E-state index contributed by atoms with van der Waals surface area (Å²) in [6.45, 7) is 2.35. The smallest absolute Gasteiger partial charge is 0.134 e. The number of H-pyrrole nitrogens is 1. The van der Waals surface area contributed by atoms with E-state index >= 15 is 0 Å². The summed E-state index contributed by atoms with van der Waals surface area (Å²) in [6.07, 6.45) is 1.76. The average Bonchev–Trinajstić information content (AvgIpc) is 2.87. The molecular formula is C13H17N3O2. The molecule has 0 bridgehead atoms. The van der Waals surface area contributed by atoms with E-state index < -0.39 is 0 Å². The lowest BCUT2D eigenvalue weighted by atomic mass is 10.1. The first-order valence-corrected chi connectivity index (χ1v) is 5.67. The number of nitrogens with one attached hydrogen (secondary N) is 1.